The molecule has 1 aromatic carbocycles. The van der Waals surface area contributed by atoms with Gasteiger partial charge in [0, 0.05) is 32.4 Å². The van der Waals surface area contributed by atoms with Crippen LogP contribution in [0.2, 0.25) is 0 Å². The zero-order valence-corrected chi connectivity index (χ0v) is 20.1. The highest BCUT2D eigenvalue weighted by Crippen LogP contribution is 2.38. The third-order valence-electron chi connectivity index (χ3n) is 5.01. The Morgan fingerprint density at radius 3 is 2.70 bits per heavy atom. The number of ether oxygens (including phenoxy) is 2. The molecule has 1 aliphatic heterocycles. The van der Waals surface area contributed by atoms with Gasteiger partial charge in [-0.3, -0.25) is 9.80 Å². The molecule has 0 spiro atoms. The lowest BCUT2D eigenvalue weighted by molar-refractivity contribution is -0.274. The Hall–Kier alpha value is -4.35. The predicted octanol–water partition coefficient (Wildman–Crippen LogP) is 3.52. The van der Waals surface area contributed by atoms with Crippen LogP contribution in [0.1, 0.15) is 29.9 Å². The van der Waals surface area contributed by atoms with Crippen LogP contribution in [0.3, 0.4) is 0 Å². The van der Waals surface area contributed by atoms with Crippen LogP contribution >= 0.6 is 0 Å². The molecule has 1 atom stereocenters. The zero-order chi connectivity index (χ0) is 27.0. The minimum atomic E-state index is -4.87. The number of nitrogens with zero attached hydrogens (tertiary/aromatic N) is 7. The summed E-state index contributed by atoms with van der Waals surface area (Å²) >= 11 is 0. The summed E-state index contributed by atoms with van der Waals surface area (Å²) in [7, 11) is 3.38. The molecular weight excluding hydrogens is 497 g/mol. The molecular formula is C22H25F3N8O4. The van der Waals surface area contributed by atoms with Gasteiger partial charge in [-0.1, -0.05) is 11.8 Å². The third kappa shape index (κ3) is 8.37. The number of benzene rings is 1. The summed E-state index contributed by atoms with van der Waals surface area (Å²) in [5.41, 5.74) is 0.0896. The smallest absolute Gasteiger partial charge is 0.490 e. The second-order valence-corrected chi connectivity index (χ2v) is 7.99. The molecule has 1 saturated heterocycles. The molecule has 1 unspecified atom stereocenters. The lowest BCUT2D eigenvalue weighted by Gasteiger charge is -2.12. The SMILES string of the molecule is C=CN(C)N=NC.N#CN1CCC(NC(=O)c2nnc(-c3cc(OC(F)(F)F)ccc3OC3CC3)o2)C1. The first kappa shape index (κ1) is 27.2. The van der Waals surface area contributed by atoms with Crippen molar-refractivity contribution in [3.8, 4) is 29.1 Å². The molecule has 1 amide bonds. The first-order valence-corrected chi connectivity index (χ1v) is 11.1. The maximum Gasteiger partial charge on any atom is 0.573 e. The fourth-order valence-corrected chi connectivity index (χ4v) is 3.16. The minimum absolute atomic E-state index is 0.0331. The number of carbonyl (C=O) groups is 1. The monoisotopic (exact) mass is 522 g/mol. The number of halogens is 3. The van der Waals surface area contributed by atoms with Gasteiger partial charge in [0.15, 0.2) is 6.19 Å². The van der Waals surface area contributed by atoms with Crippen molar-refractivity contribution in [2.75, 3.05) is 27.2 Å². The van der Waals surface area contributed by atoms with E-state index in [1.165, 1.54) is 16.0 Å². The number of carbonyl (C=O) groups excluding carboxylic acids is 1. The molecule has 2 aromatic rings. The average Bonchev–Trinajstić information content (AvgIpc) is 3.33. The highest BCUT2D eigenvalue weighted by atomic mass is 19.4. The van der Waals surface area contributed by atoms with Gasteiger partial charge in [-0.25, -0.2) is 0 Å². The molecule has 0 bridgehead atoms. The lowest BCUT2D eigenvalue weighted by Crippen LogP contribution is -2.36. The number of likely N-dealkylation sites (tertiary alicyclic amines) is 1. The van der Waals surface area contributed by atoms with Gasteiger partial charge in [-0.05, 0) is 37.5 Å². The van der Waals surface area contributed by atoms with E-state index in [2.05, 4.69) is 37.2 Å². The quantitative estimate of drug-likeness (QED) is 0.313. The van der Waals surface area contributed by atoms with Crippen LogP contribution in [0.25, 0.3) is 11.5 Å². The van der Waals surface area contributed by atoms with E-state index in [1.54, 1.807) is 20.3 Å². The Balaban J connectivity index is 0.000000479. The van der Waals surface area contributed by atoms with Crippen molar-refractivity contribution in [2.24, 2.45) is 10.3 Å². The van der Waals surface area contributed by atoms with Crippen LogP contribution < -0.4 is 14.8 Å². The van der Waals surface area contributed by atoms with Crippen LogP contribution in [0, 0.1) is 11.5 Å². The zero-order valence-electron chi connectivity index (χ0n) is 20.1. The van der Waals surface area contributed by atoms with Crippen molar-refractivity contribution < 1.29 is 31.9 Å². The topological polar surface area (TPSA) is 141 Å². The molecule has 2 aliphatic rings. The normalized spacial score (nSPS) is 17.0. The van der Waals surface area contributed by atoms with Crippen molar-refractivity contribution in [3.63, 3.8) is 0 Å². The minimum Gasteiger partial charge on any atom is -0.490 e. The van der Waals surface area contributed by atoms with Gasteiger partial charge in [0.1, 0.15) is 11.5 Å². The summed E-state index contributed by atoms with van der Waals surface area (Å²) in [4.78, 5) is 13.9. The number of nitriles is 1. The summed E-state index contributed by atoms with van der Waals surface area (Å²) < 4.78 is 52.8. The maximum absolute atomic E-state index is 12.6. The van der Waals surface area contributed by atoms with Gasteiger partial charge in [0.05, 0.1) is 18.7 Å². The van der Waals surface area contributed by atoms with Gasteiger partial charge >= 0.3 is 18.2 Å². The molecule has 1 saturated carbocycles. The van der Waals surface area contributed by atoms with Crippen molar-refractivity contribution in [1.82, 2.24) is 25.4 Å². The van der Waals surface area contributed by atoms with Crippen LogP contribution in [0.5, 0.6) is 11.5 Å². The van der Waals surface area contributed by atoms with E-state index in [0.29, 0.717) is 19.5 Å². The van der Waals surface area contributed by atoms with Crippen LogP contribution in [0.15, 0.2) is 45.7 Å². The molecule has 0 radical (unpaired) electrons. The fourth-order valence-electron chi connectivity index (χ4n) is 3.16. The van der Waals surface area contributed by atoms with Gasteiger partial charge in [0.2, 0.25) is 0 Å². The molecule has 15 heteroatoms. The van der Waals surface area contributed by atoms with Crippen molar-refractivity contribution in [1.29, 1.82) is 5.26 Å². The Morgan fingerprint density at radius 1 is 1.38 bits per heavy atom. The number of hydrogen-bond acceptors (Lipinski definition) is 10. The van der Waals surface area contributed by atoms with E-state index in [9.17, 15) is 18.0 Å². The number of hydrogen-bond donors (Lipinski definition) is 1. The summed E-state index contributed by atoms with van der Waals surface area (Å²) in [5, 5.41) is 27.6. The molecule has 1 N–H and O–H groups in total. The van der Waals surface area contributed by atoms with Gasteiger partial charge < -0.3 is 24.1 Å². The van der Waals surface area contributed by atoms with Gasteiger partial charge in [-0.15, -0.1) is 23.4 Å². The Kier molecular flexibility index (Phi) is 8.88. The second kappa shape index (κ2) is 12.1. The third-order valence-corrected chi connectivity index (χ3v) is 5.01. The second-order valence-electron chi connectivity index (χ2n) is 7.99. The highest BCUT2D eigenvalue weighted by Gasteiger charge is 2.33. The molecule has 1 aliphatic carbocycles. The first-order chi connectivity index (χ1) is 17.6. The van der Waals surface area contributed by atoms with Crippen molar-refractivity contribution in [3.05, 3.63) is 36.9 Å². The Bertz CT molecular complexity index is 1160. The van der Waals surface area contributed by atoms with Crippen LogP contribution in [-0.4, -0.2) is 71.7 Å². The van der Waals surface area contributed by atoms with Gasteiger partial charge in [-0.2, -0.15) is 10.4 Å². The number of alkyl halides is 3. The molecule has 37 heavy (non-hydrogen) atoms. The summed E-state index contributed by atoms with van der Waals surface area (Å²) in [6.45, 7) is 4.36. The molecule has 4 rings (SSSR count). The summed E-state index contributed by atoms with van der Waals surface area (Å²) in [5.74, 6) is -1.38. The van der Waals surface area contributed by atoms with E-state index in [-0.39, 0.29) is 35.2 Å². The standard InChI is InChI=1S/C18H16F3N5O4.C4H9N3/c19-18(20,21)30-12-3-4-14(28-11-1-2-11)13(7-12)16-24-25-17(29-16)15(27)23-10-5-6-26(8-10)9-22;1-4-7(3)6-5-2/h3-4,7,10-11H,1-2,5-6,8H2,(H,23,27);4H,1H2,2-3H3. The van der Waals surface area contributed by atoms with E-state index in [4.69, 9.17) is 14.4 Å². The number of rotatable bonds is 8. The molecule has 12 nitrogen and oxygen atoms in total. The van der Waals surface area contributed by atoms with Gasteiger partial charge in [0.25, 0.3) is 5.89 Å². The molecule has 2 fully saturated rings. The molecule has 198 valence electrons. The number of aromatic nitrogens is 2. The van der Waals surface area contributed by atoms with Crippen LogP contribution in [0.4, 0.5) is 13.2 Å². The summed E-state index contributed by atoms with van der Waals surface area (Å²) in [6.07, 6.45) is 0.940. The average molecular weight is 522 g/mol. The fraction of sp³-hybridized carbons (Fsp3) is 0.455. The Labute approximate surface area is 210 Å². The van der Waals surface area contributed by atoms with E-state index in [1.807, 2.05) is 6.19 Å². The first-order valence-electron chi connectivity index (χ1n) is 11.1. The van der Waals surface area contributed by atoms with Crippen LogP contribution in [-0.2, 0) is 0 Å². The highest BCUT2D eigenvalue weighted by molar-refractivity contribution is 5.90. The summed E-state index contributed by atoms with van der Waals surface area (Å²) in [6, 6.07) is 3.28. The van der Waals surface area contributed by atoms with E-state index < -0.39 is 18.0 Å². The molecule has 2 heterocycles. The van der Waals surface area contributed by atoms with E-state index >= 15 is 0 Å². The maximum atomic E-state index is 12.6. The van der Waals surface area contributed by atoms with E-state index in [0.717, 1.165) is 25.0 Å². The predicted molar refractivity (Wildman–Crippen MR) is 122 cm³/mol. The lowest BCUT2D eigenvalue weighted by atomic mass is 10.2. The molecule has 1 aromatic heterocycles. The number of nitrogens with one attached hydrogen (secondary N) is 1. The largest absolute Gasteiger partial charge is 0.573 e. The number of amides is 1. The van der Waals surface area contributed by atoms with Crippen molar-refractivity contribution >= 4 is 5.91 Å². The van der Waals surface area contributed by atoms with Crippen molar-refractivity contribution in [2.45, 2.75) is 37.8 Å². The Morgan fingerprint density at radius 2 is 2.14 bits per heavy atom.